The van der Waals surface area contributed by atoms with Crippen molar-refractivity contribution in [1.82, 2.24) is 10.3 Å². The maximum Gasteiger partial charge on any atom is 0.404 e. The van der Waals surface area contributed by atoms with E-state index in [0.29, 0.717) is 5.69 Å². The summed E-state index contributed by atoms with van der Waals surface area (Å²) in [4.78, 5) is 14.0. The largest absolute Gasteiger partial charge is 0.465 e. The molecule has 0 aliphatic rings. The summed E-state index contributed by atoms with van der Waals surface area (Å²) in [6, 6.07) is 3.37. The van der Waals surface area contributed by atoms with Crippen LogP contribution in [0.25, 0.3) is 0 Å². The first-order valence-electron chi connectivity index (χ1n) is 3.74. The topological polar surface area (TPSA) is 82.5 Å². The van der Waals surface area contributed by atoms with Crippen molar-refractivity contribution in [1.29, 1.82) is 0 Å². The molecule has 1 aromatic rings. The molecule has 0 spiro atoms. The molecule has 0 aliphatic heterocycles. The maximum atomic E-state index is 10.1. The number of aliphatic hydroxyl groups excluding tert-OH is 1. The molecule has 3 N–H and O–H groups in total. The van der Waals surface area contributed by atoms with Crippen LogP contribution in [0.5, 0.6) is 0 Å². The first kappa shape index (κ1) is 9.47. The highest BCUT2D eigenvalue weighted by atomic mass is 16.4. The lowest BCUT2D eigenvalue weighted by Gasteiger charge is -2.01. The fourth-order valence-electron chi connectivity index (χ4n) is 0.831. The van der Waals surface area contributed by atoms with Crippen LogP contribution in [0.1, 0.15) is 11.3 Å². The Balaban J connectivity index is 2.54. The van der Waals surface area contributed by atoms with Crippen molar-refractivity contribution < 1.29 is 15.0 Å². The molecule has 0 saturated carbocycles. The highest BCUT2D eigenvalue weighted by Crippen LogP contribution is 1.99. The number of amides is 1. The molecule has 13 heavy (non-hydrogen) atoms. The summed E-state index contributed by atoms with van der Waals surface area (Å²) in [6.45, 7) is 0.126. The molecule has 1 rings (SSSR count). The summed E-state index contributed by atoms with van der Waals surface area (Å²) >= 11 is 0. The fourth-order valence-corrected chi connectivity index (χ4v) is 0.831. The number of hydrogen-bond acceptors (Lipinski definition) is 3. The van der Waals surface area contributed by atoms with E-state index in [2.05, 4.69) is 10.3 Å². The van der Waals surface area contributed by atoms with E-state index in [4.69, 9.17) is 10.2 Å². The van der Waals surface area contributed by atoms with Crippen molar-refractivity contribution >= 4 is 6.09 Å². The minimum Gasteiger partial charge on any atom is -0.465 e. The Morgan fingerprint density at radius 3 is 2.77 bits per heavy atom. The second kappa shape index (κ2) is 4.42. The van der Waals surface area contributed by atoms with Crippen molar-refractivity contribution in [3.05, 3.63) is 29.6 Å². The molecule has 0 radical (unpaired) electrons. The lowest BCUT2D eigenvalue weighted by Crippen LogP contribution is -2.19. The molecule has 1 heterocycles. The van der Waals surface area contributed by atoms with Crippen LogP contribution in [0.4, 0.5) is 4.79 Å². The zero-order valence-corrected chi connectivity index (χ0v) is 6.90. The second-order valence-electron chi connectivity index (χ2n) is 2.47. The van der Waals surface area contributed by atoms with Gasteiger partial charge in [0.2, 0.25) is 0 Å². The van der Waals surface area contributed by atoms with E-state index in [1.165, 1.54) is 6.20 Å². The van der Waals surface area contributed by atoms with Crippen LogP contribution in [0.2, 0.25) is 0 Å². The van der Waals surface area contributed by atoms with Crippen LogP contribution in [-0.4, -0.2) is 21.3 Å². The van der Waals surface area contributed by atoms with Gasteiger partial charge in [-0.05, 0) is 11.6 Å². The first-order valence-corrected chi connectivity index (χ1v) is 3.74. The van der Waals surface area contributed by atoms with E-state index in [1.807, 2.05) is 0 Å². The summed E-state index contributed by atoms with van der Waals surface area (Å²) in [5.41, 5.74) is 1.33. The van der Waals surface area contributed by atoms with Gasteiger partial charge in [-0.15, -0.1) is 0 Å². The van der Waals surface area contributed by atoms with E-state index < -0.39 is 6.09 Å². The van der Waals surface area contributed by atoms with Gasteiger partial charge in [0.1, 0.15) is 0 Å². The van der Waals surface area contributed by atoms with E-state index in [-0.39, 0.29) is 13.2 Å². The van der Waals surface area contributed by atoms with Gasteiger partial charge in [0, 0.05) is 12.7 Å². The molecule has 1 amide bonds. The third kappa shape index (κ3) is 3.08. The summed E-state index contributed by atoms with van der Waals surface area (Å²) in [5, 5.41) is 19.2. The Hall–Kier alpha value is -1.62. The molecule has 0 unspecified atom stereocenters. The SMILES string of the molecule is O=C(O)NCc1ccc(CO)nc1. The summed E-state index contributed by atoms with van der Waals surface area (Å²) < 4.78 is 0. The number of nitrogens with one attached hydrogen (secondary N) is 1. The van der Waals surface area contributed by atoms with Gasteiger partial charge in [-0.25, -0.2) is 4.79 Å². The first-order chi connectivity index (χ1) is 6.22. The van der Waals surface area contributed by atoms with Crippen molar-refractivity contribution in [3.63, 3.8) is 0 Å². The molecule has 0 atom stereocenters. The summed E-state index contributed by atoms with van der Waals surface area (Å²) in [7, 11) is 0. The quantitative estimate of drug-likeness (QED) is 0.629. The Morgan fingerprint density at radius 1 is 1.54 bits per heavy atom. The van der Waals surface area contributed by atoms with Gasteiger partial charge in [0.15, 0.2) is 0 Å². The van der Waals surface area contributed by atoms with Crippen LogP contribution in [0.3, 0.4) is 0 Å². The summed E-state index contributed by atoms with van der Waals surface area (Å²) in [6.07, 6.45) is 0.466. The van der Waals surface area contributed by atoms with Crippen molar-refractivity contribution in [2.75, 3.05) is 0 Å². The third-order valence-corrected chi connectivity index (χ3v) is 1.49. The van der Waals surface area contributed by atoms with Gasteiger partial charge >= 0.3 is 6.09 Å². The molecular formula is C8H10N2O3. The highest BCUT2D eigenvalue weighted by molar-refractivity contribution is 5.64. The molecule has 0 aromatic carbocycles. The molecule has 5 nitrogen and oxygen atoms in total. The molecule has 70 valence electrons. The molecule has 0 aliphatic carbocycles. The van der Waals surface area contributed by atoms with Crippen LogP contribution in [0, 0.1) is 0 Å². The van der Waals surface area contributed by atoms with E-state index >= 15 is 0 Å². The minimum absolute atomic E-state index is 0.105. The van der Waals surface area contributed by atoms with Crippen LogP contribution >= 0.6 is 0 Å². The van der Waals surface area contributed by atoms with Gasteiger partial charge in [-0.2, -0.15) is 0 Å². The fraction of sp³-hybridized carbons (Fsp3) is 0.250. The van der Waals surface area contributed by atoms with Crippen LogP contribution < -0.4 is 5.32 Å². The Morgan fingerprint density at radius 2 is 2.31 bits per heavy atom. The molecular weight excluding hydrogens is 172 g/mol. The predicted molar refractivity (Wildman–Crippen MR) is 45.0 cm³/mol. The molecule has 0 bridgehead atoms. The van der Waals surface area contributed by atoms with Gasteiger partial charge in [-0.1, -0.05) is 6.07 Å². The van der Waals surface area contributed by atoms with E-state index in [1.54, 1.807) is 12.1 Å². The average Bonchev–Trinajstić information content (AvgIpc) is 2.15. The van der Waals surface area contributed by atoms with Crippen LogP contribution in [-0.2, 0) is 13.2 Å². The molecule has 1 aromatic heterocycles. The highest BCUT2D eigenvalue weighted by Gasteiger charge is 1.97. The predicted octanol–water partition coefficient (Wildman–Crippen LogP) is 0.342. The molecule has 0 saturated heterocycles. The average molecular weight is 182 g/mol. The second-order valence-corrected chi connectivity index (χ2v) is 2.47. The third-order valence-electron chi connectivity index (χ3n) is 1.49. The Kier molecular flexibility index (Phi) is 3.22. The van der Waals surface area contributed by atoms with Gasteiger partial charge in [-0.3, -0.25) is 4.98 Å². The monoisotopic (exact) mass is 182 g/mol. The standard InChI is InChI=1S/C8H10N2O3/c11-5-7-2-1-6(3-9-7)4-10-8(12)13/h1-3,10-11H,4-5H2,(H,12,13). The number of hydrogen-bond donors (Lipinski definition) is 3. The lowest BCUT2D eigenvalue weighted by molar-refractivity contribution is 0.194. The van der Waals surface area contributed by atoms with Crippen molar-refractivity contribution in [2.45, 2.75) is 13.2 Å². The zero-order chi connectivity index (χ0) is 9.68. The van der Waals surface area contributed by atoms with Gasteiger partial charge in [0.25, 0.3) is 0 Å². The van der Waals surface area contributed by atoms with Crippen molar-refractivity contribution in [3.8, 4) is 0 Å². The smallest absolute Gasteiger partial charge is 0.404 e. The van der Waals surface area contributed by atoms with E-state index in [9.17, 15) is 4.79 Å². The van der Waals surface area contributed by atoms with Gasteiger partial charge in [0.05, 0.1) is 12.3 Å². The number of rotatable bonds is 3. The summed E-state index contributed by atoms with van der Waals surface area (Å²) in [5.74, 6) is 0. The molecule has 0 fully saturated rings. The Labute approximate surface area is 75.0 Å². The number of carboxylic acid groups (broad SMARTS) is 1. The number of aromatic nitrogens is 1. The zero-order valence-electron chi connectivity index (χ0n) is 6.90. The number of pyridine rings is 1. The minimum atomic E-state index is -1.06. The number of nitrogens with zero attached hydrogens (tertiary/aromatic N) is 1. The Bertz CT molecular complexity index is 284. The maximum absolute atomic E-state index is 10.1. The van der Waals surface area contributed by atoms with Gasteiger partial charge < -0.3 is 15.5 Å². The van der Waals surface area contributed by atoms with Crippen molar-refractivity contribution in [2.24, 2.45) is 0 Å². The lowest BCUT2D eigenvalue weighted by atomic mass is 10.2. The van der Waals surface area contributed by atoms with E-state index in [0.717, 1.165) is 5.56 Å². The molecule has 5 heteroatoms. The number of aliphatic hydroxyl groups is 1. The number of carbonyl (C=O) groups is 1. The normalized spacial score (nSPS) is 9.62. The van der Waals surface area contributed by atoms with Crippen LogP contribution in [0.15, 0.2) is 18.3 Å².